The van der Waals surface area contributed by atoms with Gasteiger partial charge in [-0.15, -0.1) is 11.8 Å². The Kier molecular flexibility index (Phi) is 5.68. The van der Waals surface area contributed by atoms with Crippen LogP contribution in [-0.4, -0.2) is 72.8 Å². The van der Waals surface area contributed by atoms with Crippen molar-refractivity contribution < 1.29 is 19.4 Å². The summed E-state index contributed by atoms with van der Waals surface area (Å²) in [5.41, 5.74) is -0.0655. The smallest absolute Gasteiger partial charge is 0.232 e. The molecule has 2 fully saturated rings. The van der Waals surface area contributed by atoms with Gasteiger partial charge in [0.1, 0.15) is 0 Å². The van der Waals surface area contributed by atoms with Gasteiger partial charge in [-0.1, -0.05) is 0 Å². The maximum absolute atomic E-state index is 11.8. The third kappa shape index (κ3) is 4.64. The second-order valence-corrected chi connectivity index (χ2v) is 6.41. The molecule has 114 valence electrons. The highest BCUT2D eigenvalue weighted by atomic mass is 32.2. The van der Waals surface area contributed by atoms with Crippen LogP contribution in [0.25, 0.3) is 0 Å². The van der Waals surface area contributed by atoms with E-state index in [9.17, 15) is 9.59 Å². The SMILES string of the molecule is O=C(CSCC(=O)N1CCOCC1)NCC1(CO)CC1. The number of nitrogens with zero attached hydrogens (tertiary/aromatic N) is 1. The Bertz CT molecular complexity index is 354. The van der Waals surface area contributed by atoms with Crippen molar-refractivity contribution in [2.24, 2.45) is 5.41 Å². The van der Waals surface area contributed by atoms with E-state index in [-0.39, 0.29) is 29.6 Å². The van der Waals surface area contributed by atoms with E-state index < -0.39 is 0 Å². The standard InChI is InChI=1S/C13H22N2O4S/c16-10-13(1-2-13)9-14-11(17)7-20-8-12(18)15-3-5-19-6-4-15/h16H,1-10H2,(H,14,17). The average Bonchev–Trinajstić information content (AvgIpc) is 3.26. The molecule has 1 aliphatic carbocycles. The van der Waals surface area contributed by atoms with Crippen molar-refractivity contribution in [1.29, 1.82) is 0 Å². The number of hydrogen-bond donors (Lipinski definition) is 2. The van der Waals surface area contributed by atoms with Crippen molar-refractivity contribution in [3.8, 4) is 0 Å². The molecular formula is C13H22N2O4S. The van der Waals surface area contributed by atoms with Crippen molar-refractivity contribution >= 4 is 23.6 Å². The molecule has 20 heavy (non-hydrogen) atoms. The Morgan fingerprint density at radius 3 is 2.55 bits per heavy atom. The molecule has 1 saturated carbocycles. The molecule has 0 spiro atoms. The molecule has 1 aliphatic heterocycles. The van der Waals surface area contributed by atoms with Gasteiger partial charge in [0.05, 0.1) is 31.3 Å². The van der Waals surface area contributed by atoms with Crippen molar-refractivity contribution in [3.05, 3.63) is 0 Å². The van der Waals surface area contributed by atoms with E-state index in [1.54, 1.807) is 4.90 Å². The first-order valence-electron chi connectivity index (χ1n) is 6.96. The molecule has 0 atom stereocenters. The van der Waals surface area contributed by atoms with Crippen molar-refractivity contribution in [1.82, 2.24) is 10.2 Å². The number of nitrogens with one attached hydrogen (secondary N) is 1. The number of ether oxygens (including phenoxy) is 1. The van der Waals surface area contributed by atoms with E-state index in [4.69, 9.17) is 9.84 Å². The number of hydrogen-bond acceptors (Lipinski definition) is 5. The maximum Gasteiger partial charge on any atom is 0.232 e. The van der Waals surface area contributed by atoms with E-state index in [1.807, 2.05) is 0 Å². The van der Waals surface area contributed by atoms with Gasteiger partial charge in [-0.25, -0.2) is 0 Å². The Hall–Kier alpha value is -0.790. The monoisotopic (exact) mass is 302 g/mol. The fourth-order valence-corrected chi connectivity index (χ4v) is 2.79. The van der Waals surface area contributed by atoms with Gasteiger partial charge in [-0.05, 0) is 12.8 Å². The number of carbonyl (C=O) groups is 2. The van der Waals surface area contributed by atoms with Crippen LogP contribution in [0.1, 0.15) is 12.8 Å². The van der Waals surface area contributed by atoms with Crippen LogP contribution in [0.5, 0.6) is 0 Å². The van der Waals surface area contributed by atoms with Crippen molar-refractivity contribution in [3.63, 3.8) is 0 Å². The lowest BCUT2D eigenvalue weighted by Gasteiger charge is -2.26. The van der Waals surface area contributed by atoms with Gasteiger partial charge in [-0.3, -0.25) is 9.59 Å². The van der Waals surface area contributed by atoms with Crippen LogP contribution in [0.3, 0.4) is 0 Å². The normalized spacial score (nSPS) is 20.6. The van der Waals surface area contributed by atoms with Crippen LogP contribution < -0.4 is 5.32 Å². The summed E-state index contributed by atoms with van der Waals surface area (Å²) < 4.78 is 5.19. The fraction of sp³-hybridized carbons (Fsp3) is 0.846. The largest absolute Gasteiger partial charge is 0.396 e. The fourth-order valence-electron chi connectivity index (χ4n) is 2.04. The van der Waals surface area contributed by atoms with Gasteiger partial charge in [0.2, 0.25) is 11.8 Å². The summed E-state index contributed by atoms with van der Waals surface area (Å²) >= 11 is 1.34. The van der Waals surface area contributed by atoms with Gasteiger partial charge in [0.25, 0.3) is 0 Å². The number of amides is 2. The Morgan fingerprint density at radius 1 is 1.25 bits per heavy atom. The summed E-state index contributed by atoms with van der Waals surface area (Å²) in [4.78, 5) is 25.2. The predicted molar refractivity (Wildman–Crippen MR) is 76.5 cm³/mol. The van der Waals surface area contributed by atoms with Crippen LogP contribution in [0, 0.1) is 5.41 Å². The third-order valence-corrected chi connectivity index (χ3v) is 4.69. The molecule has 2 N–H and O–H groups in total. The first-order chi connectivity index (χ1) is 9.65. The molecule has 6 nitrogen and oxygen atoms in total. The zero-order valence-corrected chi connectivity index (χ0v) is 12.4. The van der Waals surface area contributed by atoms with E-state index in [2.05, 4.69) is 5.32 Å². The lowest BCUT2D eigenvalue weighted by atomic mass is 10.1. The quantitative estimate of drug-likeness (QED) is 0.661. The molecule has 0 aromatic carbocycles. The number of aliphatic hydroxyl groups is 1. The van der Waals surface area contributed by atoms with Crippen LogP contribution in [-0.2, 0) is 14.3 Å². The molecule has 0 aromatic heterocycles. The van der Waals surface area contributed by atoms with Crippen LogP contribution >= 0.6 is 11.8 Å². The average molecular weight is 302 g/mol. The second-order valence-electron chi connectivity index (χ2n) is 5.42. The Morgan fingerprint density at radius 2 is 1.95 bits per heavy atom. The maximum atomic E-state index is 11.8. The van der Waals surface area contributed by atoms with Gasteiger partial charge in [0, 0.05) is 25.0 Å². The lowest BCUT2D eigenvalue weighted by molar-refractivity contribution is -0.132. The number of rotatable bonds is 7. The molecular weight excluding hydrogens is 280 g/mol. The molecule has 7 heteroatoms. The summed E-state index contributed by atoms with van der Waals surface area (Å²) in [7, 11) is 0. The molecule has 1 heterocycles. The molecule has 0 bridgehead atoms. The zero-order chi connectivity index (χ0) is 14.4. The Labute approximate surface area is 123 Å². The van der Waals surface area contributed by atoms with Crippen LogP contribution in [0.4, 0.5) is 0 Å². The minimum Gasteiger partial charge on any atom is -0.396 e. The van der Waals surface area contributed by atoms with Gasteiger partial charge in [-0.2, -0.15) is 0 Å². The molecule has 2 amide bonds. The van der Waals surface area contributed by atoms with Crippen LogP contribution in [0.2, 0.25) is 0 Å². The first-order valence-corrected chi connectivity index (χ1v) is 8.11. The third-order valence-electron chi connectivity index (χ3n) is 3.78. The molecule has 0 aromatic rings. The van der Waals surface area contributed by atoms with Crippen LogP contribution in [0.15, 0.2) is 0 Å². The van der Waals surface area contributed by atoms with E-state index in [1.165, 1.54) is 11.8 Å². The first kappa shape index (κ1) is 15.6. The highest BCUT2D eigenvalue weighted by molar-refractivity contribution is 8.00. The van der Waals surface area contributed by atoms with Gasteiger partial charge in [0.15, 0.2) is 0 Å². The molecule has 2 aliphatic rings. The number of thioether (sulfide) groups is 1. The van der Waals surface area contributed by atoms with Gasteiger partial charge < -0.3 is 20.1 Å². The minimum absolute atomic E-state index is 0.0653. The number of aliphatic hydroxyl groups excluding tert-OH is 1. The number of morpholine rings is 1. The lowest BCUT2D eigenvalue weighted by Crippen LogP contribution is -2.41. The highest BCUT2D eigenvalue weighted by Crippen LogP contribution is 2.44. The molecule has 1 saturated heterocycles. The second kappa shape index (κ2) is 7.28. The summed E-state index contributed by atoms with van der Waals surface area (Å²) in [6.45, 7) is 3.16. The Balaban J connectivity index is 1.55. The summed E-state index contributed by atoms with van der Waals surface area (Å²) in [6.07, 6.45) is 1.96. The summed E-state index contributed by atoms with van der Waals surface area (Å²) in [6, 6.07) is 0. The van der Waals surface area contributed by atoms with Crippen molar-refractivity contribution in [2.75, 3.05) is 51.0 Å². The predicted octanol–water partition coefficient (Wildman–Crippen LogP) is -0.533. The number of carbonyl (C=O) groups excluding carboxylic acids is 2. The summed E-state index contributed by atoms with van der Waals surface area (Å²) in [5, 5.41) is 12.0. The van der Waals surface area contributed by atoms with Crippen molar-refractivity contribution in [2.45, 2.75) is 12.8 Å². The molecule has 2 rings (SSSR count). The highest BCUT2D eigenvalue weighted by Gasteiger charge is 2.41. The minimum atomic E-state index is -0.0655. The molecule has 0 radical (unpaired) electrons. The zero-order valence-electron chi connectivity index (χ0n) is 11.6. The van der Waals surface area contributed by atoms with Gasteiger partial charge >= 0.3 is 0 Å². The topological polar surface area (TPSA) is 78.9 Å². The molecule has 0 unspecified atom stereocenters. The van der Waals surface area contributed by atoms with E-state index in [0.29, 0.717) is 38.6 Å². The van der Waals surface area contributed by atoms with E-state index >= 15 is 0 Å². The summed E-state index contributed by atoms with van der Waals surface area (Å²) in [5.74, 6) is 0.625. The van der Waals surface area contributed by atoms with E-state index in [0.717, 1.165) is 12.8 Å².